The summed E-state index contributed by atoms with van der Waals surface area (Å²) in [6, 6.07) is 7.50. The number of rotatable bonds is 3. The van der Waals surface area contributed by atoms with Gasteiger partial charge >= 0.3 is 5.97 Å². The number of fused-ring (bicyclic) bond motifs is 2. The van der Waals surface area contributed by atoms with Crippen molar-refractivity contribution < 1.29 is 19.1 Å². The van der Waals surface area contributed by atoms with Crippen LogP contribution in [0.5, 0.6) is 0 Å². The summed E-state index contributed by atoms with van der Waals surface area (Å²) < 4.78 is 5.31. The number of likely N-dealkylation sites (tertiary alicyclic amines) is 1. The zero-order valence-corrected chi connectivity index (χ0v) is 14.5. The highest BCUT2D eigenvalue weighted by Crippen LogP contribution is 2.29. The Morgan fingerprint density at radius 3 is 2.69 bits per heavy atom. The molecule has 2 heterocycles. The first-order chi connectivity index (χ1) is 12.6. The van der Waals surface area contributed by atoms with Crippen LogP contribution in [-0.4, -0.2) is 40.8 Å². The van der Waals surface area contributed by atoms with Crippen molar-refractivity contribution in [2.24, 2.45) is 0 Å². The Morgan fingerprint density at radius 1 is 1.08 bits per heavy atom. The Balaban J connectivity index is 1.62. The molecule has 6 nitrogen and oxygen atoms in total. The van der Waals surface area contributed by atoms with E-state index in [1.54, 1.807) is 0 Å². The maximum Gasteiger partial charge on any atom is 0.339 e. The van der Waals surface area contributed by atoms with Crippen molar-refractivity contribution in [1.29, 1.82) is 0 Å². The molecular weight excluding hydrogens is 332 g/mol. The van der Waals surface area contributed by atoms with Crippen LogP contribution in [0.1, 0.15) is 47.3 Å². The molecule has 2 amide bonds. The summed E-state index contributed by atoms with van der Waals surface area (Å²) in [7, 11) is 0. The zero-order chi connectivity index (χ0) is 18.1. The molecule has 2 aromatic rings. The standard InChI is InChI=1S/C20H20N2O4/c23-17-10-5-11-22(17)18(24)12-26-20(25)19-13-6-1-3-8-15(13)21-16-9-4-2-7-14(16)19/h1,3,6,8H,2,4-5,7,9-12H2. The monoisotopic (exact) mass is 352 g/mol. The summed E-state index contributed by atoms with van der Waals surface area (Å²) in [5.41, 5.74) is 3.17. The third-order valence-electron chi connectivity index (χ3n) is 5.07. The Bertz CT molecular complexity index is 906. The van der Waals surface area contributed by atoms with E-state index < -0.39 is 18.5 Å². The van der Waals surface area contributed by atoms with Crippen molar-refractivity contribution in [1.82, 2.24) is 9.88 Å². The van der Waals surface area contributed by atoms with Crippen molar-refractivity contribution in [3.05, 3.63) is 41.1 Å². The molecule has 0 radical (unpaired) electrons. The molecule has 0 spiro atoms. The first-order valence-electron chi connectivity index (χ1n) is 9.06. The van der Waals surface area contributed by atoms with Gasteiger partial charge in [-0.3, -0.25) is 19.5 Å². The molecule has 6 heteroatoms. The van der Waals surface area contributed by atoms with Crippen LogP contribution >= 0.6 is 0 Å². The zero-order valence-electron chi connectivity index (χ0n) is 14.5. The number of nitrogens with zero attached hydrogens (tertiary/aromatic N) is 2. The third-order valence-corrected chi connectivity index (χ3v) is 5.07. The van der Waals surface area contributed by atoms with Crippen molar-refractivity contribution in [2.45, 2.75) is 38.5 Å². The van der Waals surface area contributed by atoms with Gasteiger partial charge in [0.1, 0.15) is 0 Å². The van der Waals surface area contributed by atoms with Gasteiger partial charge in [0, 0.05) is 24.0 Å². The average molecular weight is 352 g/mol. The van der Waals surface area contributed by atoms with E-state index in [0.29, 0.717) is 24.9 Å². The highest BCUT2D eigenvalue weighted by Gasteiger charge is 2.28. The maximum absolute atomic E-state index is 12.8. The Hall–Kier alpha value is -2.76. The smallest absolute Gasteiger partial charge is 0.339 e. The number of hydrogen-bond acceptors (Lipinski definition) is 5. The molecule has 4 rings (SSSR count). The minimum absolute atomic E-state index is 0.196. The molecule has 26 heavy (non-hydrogen) atoms. The molecule has 1 aromatic heterocycles. The summed E-state index contributed by atoms with van der Waals surface area (Å²) in [5, 5.41) is 0.753. The number of para-hydroxylation sites is 1. The number of aromatic nitrogens is 1. The van der Waals surface area contributed by atoms with Gasteiger partial charge in [-0.05, 0) is 43.7 Å². The topological polar surface area (TPSA) is 76.6 Å². The minimum Gasteiger partial charge on any atom is -0.452 e. The van der Waals surface area contributed by atoms with Crippen molar-refractivity contribution >= 4 is 28.7 Å². The summed E-state index contributed by atoms with van der Waals surface area (Å²) in [6.45, 7) is -0.00119. The fraction of sp³-hybridized carbons (Fsp3) is 0.400. The summed E-state index contributed by atoms with van der Waals surface area (Å²) in [4.78, 5) is 42.5. The van der Waals surface area contributed by atoms with Crippen molar-refractivity contribution in [3.8, 4) is 0 Å². The number of amides is 2. The van der Waals surface area contributed by atoms with E-state index in [9.17, 15) is 14.4 Å². The predicted octanol–water partition coefficient (Wildman–Crippen LogP) is 2.42. The summed E-state index contributed by atoms with van der Waals surface area (Å²) in [6.07, 6.45) is 4.75. The largest absolute Gasteiger partial charge is 0.452 e. The van der Waals surface area contributed by atoms with Crippen LogP contribution in [-0.2, 0) is 27.2 Å². The molecule has 1 aliphatic carbocycles. The molecule has 0 bridgehead atoms. The van der Waals surface area contributed by atoms with E-state index in [-0.39, 0.29) is 5.91 Å². The lowest BCUT2D eigenvalue weighted by atomic mass is 9.90. The van der Waals surface area contributed by atoms with Crippen LogP contribution in [0.4, 0.5) is 0 Å². The van der Waals surface area contributed by atoms with Gasteiger partial charge in [0.05, 0.1) is 11.1 Å². The maximum atomic E-state index is 12.8. The molecular formula is C20H20N2O4. The van der Waals surface area contributed by atoms with Gasteiger partial charge in [-0.15, -0.1) is 0 Å². The first kappa shape index (κ1) is 16.7. The SMILES string of the molecule is O=C(OCC(=O)N1CCCC1=O)c1c2c(nc3ccccc13)CCCC2. The van der Waals surface area contributed by atoms with E-state index in [2.05, 4.69) is 0 Å². The van der Waals surface area contributed by atoms with Gasteiger partial charge in [0.2, 0.25) is 5.91 Å². The van der Waals surface area contributed by atoms with Crippen LogP contribution in [0.15, 0.2) is 24.3 Å². The Morgan fingerprint density at radius 2 is 1.88 bits per heavy atom. The second-order valence-electron chi connectivity index (χ2n) is 6.76. The fourth-order valence-electron chi connectivity index (χ4n) is 3.79. The van der Waals surface area contributed by atoms with Crippen molar-refractivity contribution in [3.63, 3.8) is 0 Å². The second kappa shape index (κ2) is 6.86. The van der Waals surface area contributed by atoms with Crippen LogP contribution in [0.25, 0.3) is 10.9 Å². The molecule has 0 N–H and O–H groups in total. The van der Waals surface area contributed by atoms with E-state index in [1.807, 2.05) is 24.3 Å². The van der Waals surface area contributed by atoms with Crippen LogP contribution in [0.3, 0.4) is 0 Å². The Kier molecular flexibility index (Phi) is 4.41. The van der Waals surface area contributed by atoms with Gasteiger partial charge in [-0.25, -0.2) is 4.79 Å². The van der Waals surface area contributed by atoms with E-state index in [1.165, 1.54) is 4.90 Å². The highest BCUT2D eigenvalue weighted by molar-refractivity contribution is 6.06. The molecule has 0 saturated carbocycles. The fourth-order valence-corrected chi connectivity index (χ4v) is 3.79. The van der Waals surface area contributed by atoms with Crippen LogP contribution in [0.2, 0.25) is 0 Å². The van der Waals surface area contributed by atoms with Gasteiger partial charge in [0.25, 0.3) is 5.91 Å². The third kappa shape index (κ3) is 2.96. The summed E-state index contributed by atoms with van der Waals surface area (Å²) >= 11 is 0. The van der Waals surface area contributed by atoms with Gasteiger partial charge in [-0.1, -0.05) is 18.2 Å². The van der Waals surface area contributed by atoms with Gasteiger partial charge in [0.15, 0.2) is 6.61 Å². The van der Waals surface area contributed by atoms with Crippen molar-refractivity contribution in [2.75, 3.05) is 13.2 Å². The van der Waals surface area contributed by atoms with E-state index in [0.717, 1.165) is 47.8 Å². The number of aryl methyl sites for hydroxylation is 1. The number of esters is 1. The first-order valence-corrected chi connectivity index (χ1v) is 9.06. The number of ether oxygens (including phenoxy) is 1. The predicted molar refractivity (Wildman–Crippen MR) is 94.6 cm³/mol. The number of imide groups is 1. The average Bonchev–Trinajstić information content (AvgIpc) is 3.10. The quantitative estimate of drug-likeness (QED) is 0.793. The second-order valence-corrected chi connectivity index (χ2v) is 6.76. The van der Waals surface area contributed by atoms with Gasteiger partial charge < -0.3 is 4.74 Å². The number of benzene rings is 1. The number of carbonyl (C=O) groups is 3. The summed E-state index contributed by atoms with van der Waals surface area (Å²) in [5.74, 6) is -1.16. The number of carbonyl (C=O) groups excluding carboxylic acids is 3. The number of pyridine rings is 1. The van der Waals surface area contributed by atoms with Crippen LogP contribution < -0.4 is 0 Å². The molecule has 0 atom stereocenters. The molecule has 2 aliphatic rings. The molecule has 1 fully saturated rings. The lowest BCUT2D eigenvalue weighted by Crippen LogP contribution is -2.35. The van der Waals surface area contributed by atoms with Crippen LogP contribution in [0, 0.1) is 0 Å². The number of hydrogen-bond donors (Lipinski definition) is 0. The Labute approximate surface area is 151 Å². The van der Waals surface area contributed by atoms with E-state index in [4.69, 9.17) is 9.72 Å². The highest BCUT2D eigenvalue weighted by atomic mass is 16.5. The molecule has 1 saturated heterocycles. The van der Waals surface area contributed by atoms with Gasteiger partial charge in [-0.2, -0.15) is 0 Å². The molecule has 134 valence electrons. The normalized spacial score (nSPS) is 16.6. The molecule has 0 unspecified atom stereocenters. The minimum atomic E-state index is -0.512. The van der Waals surface area contributed by atoms with E-state index >= 15 is 0 Å². The molecule has 1 aliphatic heterocycles. The lowest BCUT2D eigenvalue weighted by molar-refractivity contribution is -0.143. The lowest BCUT2D eigenvalue weighted by Gasteiger charge is -2.20. The molecule has 1 aromatic carbocycles.